The second-order valence-electron chi connectivity index (χ2n) is 15.7. The molecule has 4 aromatic rings. The summed E-state index contributed by atoms with van der Waals surface area (Å²) < 4.78 is 109. The lowest BCUT2D eigenvalue weighted by Gasteiger charge is -2.22. The number of nitrogens with one attached hydrogen (secondary N) is 1. The second-order valence-corrected chi connectivity index (χ2v) is 30.0. The first-order chi connectivity index (χ1) is 25.5. The highest BCUT2D eigenvalue weighted by molar-refractivity contribution is 14.1. The van der Waals surface area contributed by atoms with Gasteiger partial charge >= 0.3 is 6.18 Å². The first-order valence-electron chi connectivity index (χ1n) is 17.6. The number of hydrogen-bond acceptors (Lipinski definition) is 9. The molecule has 19 heteroatoms. The monoisotopic (exact) mass is 939 g/mol. The number of anilines is 2. The van der Waals surface area contributed by atoms with Gasteiger partial charge in [0.25, 0.3) is 0 Å². The average molecular weight is 940 g/mol. The number of halogens is 5. The predicted molar refractivity (Wildman–Crippen MR) is 223 cm³/mol. The van der Waals surface area contributed by atoms with Crippen LogP contribution in [0.3, 0.4) is 0 Å². The molecule has 0 unspecified atom stereocenters. The van der Waals surface area contributed by atoms with Gasteiger partial charge in [-0.2, -0.15) is 18.3 Å². The molecule has 2 aromatic heterocycles. The fourth-order valence-electron chi connectivity index (χ4n) is 5.36. The third-order valence-corrected chi connectivity index (χ3v) is 14.0. The van der Waals surface area contributed by atoms with Gasteiger partial charge in [-0.05, 0) is 70.1 Å². The van der Waals surface area contributed by atoms with Gasteiger partial charge in [-0.15, -0.1) is 0 Å². The number of fused-ring (bicyclic) bond motifs is 1. The van der Waals surface area contributed by atoms with Crippen LogP contribution in [-0.4, -0.2) is 85.9 Å². The molecule has 0 radical (unpaired) electrons. The summed E-state index contributed by atoms with van der Waals surface area (Å²) in [7, 11) is -3.59. The van der Waals surface area contributed by atoms with Crippen molar-refractivity contribution in [3.05, 3.63) is 57.0 Å². The van der Waals surface area contributed by atoms with Crippen LogP contribution in [0.5, 0.6) is 11.5 Å². The van der Waals surface area contributed by atoms with E-state index in [1.807, 2.05) is 0 Å². The quantitative estimate of drug-likeness (QED) is 0.0324. The van der Waals surface area contributed by atoms with Crippen LogP contribution >= 0.6 is 22.6 Å². The molecule has 0 aliphatic rings. The summed E-state index contributed by atoms with van der Waals surface area (Å²) in [6.07, 6.45) is -4.93. The molecule has 4 rings (SSSR count). The molecule has 304 valence electrons. The highest BCUT2D eigenvalue weighted by Crippen LogP contribution is 2.38. The fourth-order valence-corrected chi connectivity index (χ4v) is 8.19. The maximum absolute atomic E-state index is 15.7. The maximum Gasteiger partial charge on any atom is 0.393 e. The molecule has 0 spiro atoms. The number of hydrogen-bond donors (Lipinski definition) is 1. The summed E-state index contributed by atoms with van der Waals surface area (Å²) in [6, 6.07) is 10.3. The molecular weight excluding hydrogens is 890 g/mol. The molecule has 0 fully saturated rings. The van der Waals surface area contributed by atoms with Crippen molar-refractivity contribution in [1.29, 1.82) is 0 Å². The minimum absolute atomic E-state index is 0.0486. The number of sulfonamides is 1. The first kappa shape index (κ1) is 44.7. The van der Waals surface area contributed by atoms with E-state index in [-0.39, 0.29) is 48.5 Å². The Morgan fingerprint density at radius 1 is 0.964 bits per heavy atom. The van der Waals surface area contributed by atoms with E-state index in [1.54, 1.807) is 28.9 Å². The fraction of sp³-hybridized carbons (Fsp3) is 0.500. The van der Waals surface area contributed by atoms with Gasteiger partial charge in [0, 0.05) is 54.6 Å². The lowest BCUT2D eigenvalue weighted by molar-refractivity contribution is -0.127. The summed E-state index contributed by atoms with van der Waals surface area (Å²) in [4.78, 5) is 4.76. The van der Waals surface area contributed by atoms with E-state index in [0.717, 1.165) is 34.8 Å². The van der Waals surface area contributed by atoms with E-state index in [1.165, 1.54) is 14.2 Å². The van der Waals surface area contributed by atoms with Crippen LogP contribution < -0.4 is 19.1 Å². The Hall–Kier alpha value is -2.99. The molecule has 0 aliphatic carbocycles. The Bertz CT molecular complexity index is 2070. The number of alkyl halides is 3. The van der Waals surface area contributed by atoms with Gasteiger partial charge in [0.1, 0.15) is 22.0 Å². The molecule has 11 nitrogen and oxygen atoms in total. The second kappa shape index (κ2) is 18.1. The zero-order chi connectivity index (χ0) is 40.9. The van der Waals surface area contributed by atoms with E-state index in [9.17, 15) is 21.6 Å². The molecular formula is C36H50F4IN5O6SSi2. The molecule has 0 saturated carbocycles. The molecule has 1 N–H and O–H groups in total. The summed E-state index contributed by atoms with van der Waals surface area (Å²) in [5.74, 6) is -0.571. The van der Waals surface area contributed by atoms with Gasteiger partial charge in [-0.25, -0.2) is 22.5 Å². The highest BCUT2D eigenvalue weighted by atomic mass is 127. The number of rotatable bonds is 19. The van der Waals surface area contributed by atoms with Gasteiger partial charge in [-0.1, -0.05) is 45.3 Å². The Balaban J connectivity index is 1.82. The summed E-state index contributed by atoms with van der Waals surface area (Å²) in [5.41, 5.74) is 1.11. The summed E-state index contributed by atoms with van der Waals surface area (Å²) in [5, 5.41) is 8.49. The van der Waals surface area contributed by atoms with Crippen molar-refractivity contribution in [1.82, 2.24) is 14.8 Å². The van der Waals surface area contributed by atoms with Gasteiger partial charge in [0.15, 0.2) is 18.4 Å². The van der Waals surface area contributed by atoms with Crippen molar-refractivity contribution in [2.75, 3.05) is 50.0 Å². The predicted octanol–water partition coefficient (Wildman–Crippen LogP) is 8.97. The zero-order valence-corrected chi connectivity index (χ0v) is 37.6. The molecule has 0 bridgehead atoms. The van der Waals surface area contributed by atoms with E-state index in [4.69, 9.17) is 23.9 Å². The number of benzene rings is 2. The number of nitrogens with zero attached hydrogens (tertiary/aromatic N) is 4. The van der Waals surface area contributed by atoms with E-state index >= 15 is 4.39 Å². The largest absolute Gasteiger partial charge is 0.497 e. The van der Waals surface area contributed by atoms with Crippen LogP contribution in [0.4, 0.5) is 29.1 Å². The van der Waals surface area contributed by atoms with E-state index in [2.05, 4.69) is 72.3 Å². The topological polar surface area (TPSA) is 117 Å². The van der Waals surface area contributed by atoms with Gasteiger partial charge < -0.3 is 24.3 Å². The van der Waals surface area contributed by atoms with Gasteiger partial charge in [0.05, 0.1) is 42.1 Å². The smallest absolute Gasteiger partial charge is 0.393 e. The maximum atomic E-state index is 15.7. The molecule has 0 atom stereocenters. The Kier molecular flexibility index (Phi) is 14.7. The standard InChI is InChI=1S/C36H50F4IN5O6SSi2/c1-45(53(3,47)48)30-17-26(49-2)11-10-24(30)21-42-35-33-31(46(44-34(33)41)22-50-12-14-54(4,5)6)19-29(43-35)27-18-28(37)32(16-25(27)20-36(38,39)40)52-23-51-13-15-55(7,8)9/h10-11,16-19H,12-15,20-23H2,1-9H3,(H,42,43). The van der Waals surface area contributed by atoms with E-state index < -0.39 is 44.6 Å². The third-order valence-electron chi connectivity index (χ3n) is 8.60. The van der Waals surface area contributed by atoms with Crippen LogP contribution in [0.15, 0.2) is 36.4 Å². The Morgan fingerprint density at radius 3 is 2.22 bits per heavy atom. The minimum atomic E-state index is -4.64. The van der Waals surface area contributed by atoms with Gasteiger partial charge in [0.2, 0.25) is 10.0 Å². The van der Waals surface area contributed by atoms with E-state index in [0.29, 0.717) is 44.8 Å². The van der Waals surface area contributed by atoms with Crippen LogP contribution in [0, 0.1) is 9.52 Å². The number of methoxy groups -OCH3 is 1. The van der Waals surface area contributed by atoms with Gasteiger partial charge in [-0.3, -0.25) is 4.31 Å². The molecule has 2 aromatic carbocycles. The number of aromatic nitrogens is 3. The van der Waals surface area contributed by atoms with Crippen molar-refractivity contribution in [2.24, 2.45) is 0 Å². The normalized spacial score (nSPS) is 12.7. The van der Waals surface area contributed by atoms with Crippen LogP contribution in [-0.2, 0) is 39.2 Å². The lowest BCUT2D eigenvalue weighted by atomic mass is 9.99. The Labute approximate surface area is 336 Å². The molecule has 0 amide bonds. The highest BCUT2D eigenvalue weighted by Gasteiger charge is 2.31. The number of ether oxygens (including phenoxy) is 4. The number of pyridine rings is 1. The zero-order valence-electron chi connectivity index (χ0n) is 32.7. The molecule has 2 heterocycles. The average Bonchev–Trinajstić information content (AvgIpc) is 3.38. The molecule has 0 saturated heterocycles. The van der Waals surface area contributed by atoms with Crippen molar-refractivity contribution >= 4 is 71.2 Å². The summed E-state index contributed by atoms with van der Waals surface area (Å²) in [6.45, 7) is 13.9. The van der Waals surface area contributed by atoms with Crippen molar-refractivity contribution in [3.63, 3.8) is 0 Å². The van der Waals surface area contributed by atoms with Crippen molar-refractivity contribution < 1.29 is 44.9 Å². The van der Waals surface area contributed by atoms with Crippen LogP contribution in [0.2, 0.25) is 51.4 Å². The Morgan fingerprint density at radius 2 is 1.62 bits per heavy atom. The minimum Gasteiger partial charge on any atom is -0.497 e. The van der Waals surface area contributed by atoms with Crippen LogP contribution in [0.25, 0.3) is 22.2 Å². The SMILES string of the molecule is COc1ccc(CNc2nc(-c3cc(F)c(OCOCC[Si](C)(C)C)cc3CC(F)(F)F)cc3c2c(I)nn3COCC[Si](C)(C)C)c(N(C)S(C)(=O)=O)c1. The summed E-state index contributed by atoms with van der Waals surface area (Å²) >= 11 is 2.05. The van der Waals surface area contributed by atoms with Crippen LogP contribution in [0.1, 0.15) is 11.1 Å². The molecule has 55 heavy (non-hydrogen) atoms. The lowest BCUT2D eigenvalue weighted by Crippen LogP contribution is -2.26. The third kappa shape index (κ3) is 13.0. The van der Waals surface area contributed by atoms with Crippen molar-refractivity contribution in [3.8, 4) is 22.8 Å². The first-order valence-corrected chi connectivity index (χ1v) is 27.9. The molecule has 0 aliphatic heterocycles. The van der Waals surface area contributed by atoms with Crippen molar-refractivity contribution in [2.45, 2.75) is 77.2 Å².